The summed E-state index contributed by atoms with van der Waals surface area (Å²) < 4.78 is 0. The van der Waals surface area contributed by atoms with Crippen LogP contribution in [0.2, 0.25) is 0 Å². The zero-order chi connectivity index (χ0) is 12.3. The quantitative estimate of drug-likeness (QED) is 0.838. The van der Waals surface area contributed by atoms with Gasteiger partial charge in [0, 0.05) is 17.1 Å². The number of rotatable bonds is 3. The number of amides is 1. The molecule has 0 saturated heterocycles. The van der Waals surface area contributed by atoms with Gasteiger partial charge in [-0.1, -0.05) is 18.2 Å². The number of hydrogen-bond acceptors (Lipinski definition) is 2. The maximum absolute atomic E-state index is 11.6. The van der Waals surface area contributed by atoms with Crippen LogP contribution in [0.1, 0.15) is 12.5 Å². The van der Waals surface area contributed by atoms with Crippen molar-refractivity contribution in [3.8, 4) is 6.07 Å². The third-order valence-corrected chi connectivity index (χ3v) is 2.60. The van der Waals surface area contributed by atoms with Crippen LogP contribution in [0, 0.1) is 11.3 Å². The Bertz CT molecular complexity index is 580. The van der Waals surface area contributed by atoms with Crippen molar-refractivity contribution in [2.75, 3.05) is 0 Å². The molecule has 17 heavy (non-hydrogen) atoms. The van der Waals surface area contributed by atoms with Crippen LogP contribution in [0.5, 0.6) is 0 Å². The van der Waals surface area contributed by atoms with Crippen molar-refractivity contribution in [1.82, 2.24) is 10.3 Å². The van der Waals surface area contributed by atoms with Crippen LogP contribution in [0.4, 0.5) is 0 Å². The molecule has 0 bridgehead atoms. The first-order chi connectivity index (χ1) is 8.20. The molecule has 0 aliphatic carbocycles. The number of benzene rings is 1. The highest BCUT2D eigenvalue weighted by atomic mass is 16.1. The summed E-state index contributed by atoms with van der Waals surface area (Å²) >= 11 is 0. The molecule has 0 aliphatic heterocycles. The largest absolute Gasteiger partial charge is 0.361 e. The smallest absolute Gasteiger partial charge is 0.225 e. The molecule has 1 heterocycles. The minimum absolute atomic E-state index is 0.135. The molecule has 86 valence electrons. The monoisotopic (exact) mass is 227 g/mol. The molecule has 0 saturated carbocycles. The highest BCUT2D eigenvalue weighted by Gasteiger charge is 2.10. The van der Waals surface area contributed by atoms with Gasteiger partial charge in [-0.25, -0.2) is 0 Å². The lowest BCUT2D eigenvalue weighted by molar-refractivity contribution is -0.120. The molecular weight excluding hydrogens is 214 g/mol. The highest BCUT2D eigenvalue weighted by Crippen LogP contribution is 2.17. The second kappa shape index (κ2) is 4.71. The van der Waals surface area contributed by atoms with E-state index in [2.05, 4.69) is 10.3 Å². The molecule has 2 rings (SSSR count). The summed E-state index contributed by atoms with van der Waals surface area (Å²) in [6.07, 6.45) is 2.12. The lowest BCUT2D eigenvalue weighted by Crippen LogP contribution is -2.32. The van der Waals surface area contributed by atoms with Crippen molar-refractivity contribution in [3.05, 3.63) is 36.0 Å². The van der Waals surface area contributed by atoms with E-state index in [-0.39, 0.29) is 12.3 Å². The first-order valence-electron chi connectivity index (χ1n) is 5.44. The van der Waals surface area contributed by atoms with Crippen LogP contribution >= 0.6 is 0 Å². The fraction of sp³-hybridized carbons (Fsp3) is 0.231. The molecule has 0 spiro atoms. The van der Waals surface area contributed by atoms with Gasteiger partial charge in [0.05, 0.1) is 12.5 Å². The van der Waals surface area contributed by atoms with Gasteiger partial charge in [0.15, 0.2) is 0 Å². The number of carbonyl (C=O) groups excluding carboxylic acids is 1. The molecule has 1 aromatic carbocycles. The number of hydrogen-bond donors (Lipinski definition) is 2. The maximum atomic E-state index is 11.6. The van der Waals surface area contributed by atoms with Gasteiger partial charge in [0.25, 0.3) is 0 Å². The number of nitrogens with one attached hydrogen (secondary N) is 2. The zero-order valence-corrected chi connectivity index (χ0v) is 9.53. The molecule has 4 nitrogen and oxygen atoms in total. The molecule has 1 aromatic heterocycles. The number of H-pyrrole nitrogens is 1. The van der Waals surface area contributed by atoms with Gasteiger partial charge in [0.2, 0.25) is 5.91 Å². The van der Waals surface area contributed by atoms with E-state index in [9.17, 15) is 4.79 Å². The Morgan fingerprint density at radius 3 is 3.06 bits per heavy atom. The van der Waals surface area contributed by atoms with E-state index in [1.165, 1.54) is 0 Å². The second-order valence-electron chi connectivity index (χ2n) is 3.95. The first kappa shape index (κ1) is 11.2. The van der Waals surface area contributed by atoms with E-state index < -0.39 is 6.04 Å². The van der Waals surface area contributed by atoms with Gasteiger partial charge in [0.1, 0.15) is 6.04 Å². The molecule has 0 fully saturated rings. The number of nitrogens with zero attached hydrogens (tertiary/aromatic N) is 1. The minimum Gasteiger partial charge on any atom is -0.361 e. The van der Waals surface area contributed by atoms with E-state index in [0.29, 0.717) is 0 Å². The summed E-state index contributed by atoms with van der Waals surface area (Å²) in [5.41, 5.74) is 1.96. The second-order valence-corrected chi connectivity index (χ2v) is 3.95. The predicted molar refractivity (Wildman–Crippen MR) is 65.2 cm³/mol. The summed E-state index contributed by atoms with van der Waals surface area (Å²) in [4.78, 5) is 14.8. The van der Waals surface area contributed by atoms with Crippen LogP contribution in [0.3, 0.4) is 0 Å². The van der Waals surface area contributed by atoms with Crippen LogP contribution < -0.4 is 5.32 Å². The predicted octanol–water partition coefficient (Wildman–Crippen LogP) is 1.74. The van der Waals surface area contributed by atoms with Crippen LogP contribution in [-0.4, -0.2) is 16.9 Å². The fourth-order valence-electron chi connectivity index (χ4n) is 1.78. The molecule has 1 atom stereocenters. The fourth-order valence-corrected chi connectivity index (χ4v) is 1.78. The van der Waals surface area contributed by atoms with Gasteiger partial charge in [-0.05, 0) is 18.6 Å². The molecule has 2 N–H and O–H groups in total. The molecule has 1 amide bonds. The molecule has 2 aromatic rings. The van der Waals surface area contributed by atoms with Crippen molar-refractivity contribution in [1.29, 1.82) is 5.26 Å². The van der Waals surface area contributed by atoms with E-state index in [1.54, 1.807) is 6.92 Å². The molecular formula is C13H13N3O. The van der Waals surface area contributed by atoms with Gasteiger partial charge < -0.3 is 10.3 Å². The Balaban J connectivity index is 2.14. The number of aromatic nitrogens is 1. The zero-order valence-electron chi connectivity index (χ0n) is 9.53. The van der Waals surface area contributed by atoms with Gasteiger partial charge in [-0.3, -0.25) is 4.79 Å². The Kier molecular flexibility index (Phi) is 3.10. The van der Waals surface area contributed by atoms with Crippen molar-refractivity contribution in [3.63, 3.8) is 0 Å². The third-order valence-electron chi connectivity index (χ3n) is 2.60. The average molecular weight is 227 g/mol. The summed E-state index contributed by atoms with van der Waals surface area (Å²) in [6.45, 7) is 1.66. The summed E-state index contributed by atoms with van der Waals surface area (Å²) in [5, 5.41) is 12.3. The lowest BCUT2D eigenvalue weighted by Gasteiger charge is -2.05. The van der Waals surface area contributed by atoms with Crippen LogP contribution in [0.15, 0.2) is 30.5 Å². The number of fused-ring (bicyclic) bond motifs is 1. The molecule has 1 unspecified atom stereocenters. The topological polar surface area (TPSA) is 68.7 Å². The third kappa shape index (κ3) is 2.45. The summed E-state index contributed by atoms with van der Waals surface area (Å²) in [5.74, 6) is -0.135. The Morgan fingerprint density at radius 1 is 1.53 bits per heavy atom. The summed E-state index contributed by atoms with van der Waals surface area (Å²) in [6, 6.07) is 9.35. The van der Waals surface area contributed by atoms with Gasteiger partial charge in [-0.15, -0.1) is 0 Å². The Labute approximate surface area is 99.3 Å². The molecule has 0 radical (unpaired) electrons. The van der Waals surface area contributed by atoms with E-state index in [4.69, 9.17) is 5.26 Å². The Morgan fingerprint density at radius 2 is 2.29 bits per heavy atom. The molecule has 4 heteroatoms. The van der Waals surface area contributed by atoms with Crippen molar-refractivity contribution >= 4 is 16.8 Å². The van der Waals surface area contributed by atoms with Crippen molar-refractivity contribution < 1.29 is 4.79 Å². The maximum Gasteiger partial charge on any atom is 0.225 e. The Hall–Kier alpha value is -2.28. The van der Waals surface area contributed by atoms with Crippen LogP contribution in [0.25, 0.3) is 10.9 Å². The van der Waals surface area contributed by atoms with Gasteiger partial charge in [-0.2, -0.15) is 5.26 Å². The van der Waals surface area contributed by atoms with Gasteiger partial charge >= 0.3 is 0 Å². The lowest BCUT2D eigenvalue weighted by atomic mass is 10.1. The van der Waals surface area contributed by atoms with Crippen molar-refractivity contribution in [2.24, 2.45) is 0 Å². The van der Waals surface area contributed by atoms with Crippen LogP contribution in [-0.2, 0) is 11.2 Å². The minimum atomic E-state index is -0.451. The van der Waals surface area contributed by atoms with E-state index >= 15 is 0 Å². The average Bonchev–Trinajstić information content (AvgIpc) is 2.72. The normalized spacial score (nSPS) is 12.0. The van der Waals surface area contributed by atoms with E-state index in [0.717, 1.165) is 16.5 Å². The number of carbonyl (C=O) groups is 1. The highest BCUT2D eigenvalue weighted by molar-refractivity contribution is 5.88. The SMILES string of the molecule is CC(C#N)NC(=O)Cc1c[nH]c2ccccc12. The van der Waals surface area contributed by atoms with E-state index in [1.807, 2.05) is 36.5 Å². The first-order valence-corrected chi connectivity index (χ1v) is 5.44. The number of nitriles is 1. The van der Waals surface area contributed by atoms with Crippen molar-refractivity contribution in [2.45, 2.75) is 19.4 Å². The standard InChI is InChI=1S/C13H13N3O/c1-9(7-14)16-13(17)6-10-8-15-12-5-3-2-4-11(10)12/h2-5,8-9,15H,6H2,1H3,(H,16,17). The molecule has 0 aliphatic rings. The number of para-hydroxylation sites is 1. The number of aromatic amines is 1. The summed E-state index contributed by atoms with van der Waals surface area (Å²) in [7, 11) is 0.